The lowest BCUT2D eigenvalue weighted by Gasteiger charge is -2.24. The van der Waals surface area contributed by atoms with Crippen LogP contribution in [0.1, 0.15) is 33.2 Å². The first-order chi connectivity index (χ1) is 10.9. The van der Waals surface area contributed by atoms with E-state index in [-0.39, 0.29) is 23.6 Å². The molecule has 0 saturated heterocycles. The van der Waals surface area contributed by atoms with Crippen LogP contribution in [0.4, 0.5) is 5.69 Å². The van der Waals surface area contributed by atoms with E-state index in [2.05, 4.69) is 0 Å². The molecule has 0 atom stereocenters. The number of ketones is 1. The lowest BCUT2D eigenvalue weighted by Crippen LogP contribution is -2.30. The maximum absolute atomic E-state index is 12.4. The fraction of sp³-hybridized carbons (Fsp3) is 0.222. The molecule has 2 rings (SSSR count). The minimum Gasteiger partial charge on any atom is -0.505 e. The molecule has 0 radical (unpaired) electrons. The third kappa shape index (κ3) is 3.69. The van der Waals surface area contributed by atoms with Crippen molar-refractivity contribution < 1.29 is 14.7 Å². The molecule has 3 N–H and O–H groups in total. The van der Waals surface area contributed by atoms with E-state index in [0.717, 1.165) is 5.56 Å². The van der Waals surface area contributed by atoms with Crippen LogP contribution in [0.15, 0.2) is 42.5 Å². The Morgan fingerprint density at radius 3 is 2.35 bits per heavy atom. The van der Waals surface area contributed by atoms with Gasteiger partial charge in [-0.1, -0.05) is 35.9 Å². The number of amides is 1. The predicted octanol–water partition coefficient (Wildman–Crippen LogP) is 2.51. The molecule has 0 bridgehead atoms. The second-order valence-corrected chi connectivity index (χ2v) is 5.34. The smallest absolute Gasteiger partial charge is 0.252 e. The van der Waals surface area contributed by atoms with Crippen molar-refractivity contribution in [3.05, 3.63) is 59.2 Å². The summed E-state index contributed by atoms with van der Waals surface area (Å²) in [4.78, 5) is 25.5. The van der Waals surface area contributed by atoms with Crippen LogP contribution in [-0.4, -0.2) is 29.9 Å². The van der Waals surface area contributed by atoms with Gasteiger partial charge in [0.05, 0.1) is 17.8 Å². The first-order valence-electron chi connectivity index (χ1n) is 7.40. The predicted molar refractivity (Wildman–Crippen MR) is 90.0 cm³/mol. The van der Waals surface area contributed by atoms with Gasteiger partial charge in [-0.3, -0.25) is 9.59 Å². The maximum atomic E-state index is 12.4. The van der Waals surface area contributed by atoms with Gasteiger partial charge in [0, 0.05) is 12.1 Å². The minimum absolute atomic E-state index is 0.0451. The van der Waals surface area contributed by atoms with Crippen molar-refractivity contribution in [1.82, 2.24) is 0 Å². The van der Waals surface area contributed by atoms with Gasteiger partial charge < -0.3 is 15.7 Å². The van der Waals surface area contributed by atoms with E-state index < -0.39 is 5.91 Å². The average molecular weight is 312 g/mol. The number of likely N-dealkylation sites (N-methyl/N-ethyl adjacent to an activating group) is 1. The van der Waals surface area contributed by atoms with Crippen LogP contribution >= 0.6 is 0 Å². The van der Waals surface area contributed by atoms with E-state index >= 15 is 0 Å². The number of nitrogens with zero attached hydrogens (tertiary/aromatic N) is 1. The van der Waals surface area contributed by atoms with Crippen LogP contribution < -0.4 is 10.6 Å². The Balaban J connectivity index is 2.27. The number of primary amides is 1. The fourth-order valence-corrected chi connectivity index (χ4v) is 2.36. The number of Topliss-reactive ketones (excluding diaryl/α,β-unsaturated/α-hetero) is 1. The second kappa shape index (κ2) is 6.96. The molecule has 0 aliphatic rings. The zero-order chi connectivity index (χ0) is 17.0. The second-order valence-electron chi connectivity index (χ2n) is 5.34. The van der Waals surface area contributed by atoms with E-state index in [1.54, 1.807) is 29.2 Å². The molecule has 1 amide bonds. The number of hydrogen-bond donors (Lipinski definition) is 2. The molecule has 0 fully saturated rings. The molecule has 2 aromatic rings. The minimum atomic E-state index is -0.703. The highest BCUT2D eigenvalue weighted by molar-refractivity contribution is 6.01. The lowest BCUT2D eigenvalue weighted by molar-refractivity contribution is 0.0992. The Morgan fingerprint density at radius 1 is 1.13 bits per heavy atom. The Bertz CT molecular complexity index is 724. The third-order valence-electron chi connectivity index (χ3n) is 3.71. The van der Waals surface area contributed by atoms with Crippen LogP contribution in [-0.2, 0) is 0 Å². The Kier molecular flexibility index (Phi) is 5.01. The largest absolute Gasteiger partial charge is 0.505 e. The summed E-state index contributed by atoms with van der Waals surface area (Å²) in [7, 11) is 0. The van der Waals surface area contributed by atoms with Gasteiger partial charge in [-0.15, -0.1) is 0 Å². The fourth-order valence-electron chi connectivity index (χ4n) is 2.36. The number of para-hydroxylation sites is 1. The molecule has 0 unspecified atom stereocenters. The average Bonchev–Trinajstić information content (AvgIpc) is 2.53. The number of carbonyl (C=O) groups is 2. The highest BCUT2D eigenvalue weighted by Crippen LogP contribution is 2.30. The number of phenols is 1. The van der Waals surface area contributed by atoms with Crippen molar-refractivity contribution in [2.24, 2.45) is 5.73 Å². The Morgan fingerprint density at radius 2 is 1.78 bits per heavy atom. The molecule has 2 aromatic carbocycles. The molecule has 120 valence electrons. The van der Waals surface area contributed by atoms with Crippen molar-refractivity contribution in [3.8, 4) is 5.75 Å². The summed E-state index contributed by atoms with van der Waals surface area (Å²) in [6.45, 7) is 4.45. The van der Waals surface area contributed by atoms with Gasteiger partial charge in [0.2, 0.25) is 0 Å². The van der Waals surface area contributed by atoms with E-state index in [9.17, 15) is 14.7 Å². The number of benzene rings is 2. The number of anilines is 1. The zero-order valence-electron chi connectivity index (χ0n) is 13.2. The van der Waals surface area contributed by atoms with E-state index in [0.29, 0.717) is 17.8 Å². The van der Waals surface area contributed by atoms with Crippen LogP contribution in [0, 0.1) is 6.92 Å². The summed E-state index contributed by atoms with van der Waals surface area (Å²) < 4.78 is 0. The maximum Gasteiger partial charge on any atom is 0.252 e. The standard InChI is InChI=1S/C18H20N2O3/c1-3-20(11-16(21)13-9-7-12(2)8-10-13)15-6-4-5-14(17(15)22)18(19)23/h4-10,22H,3,11H2,1-2H3,(H2,19,23). The molecule has 0 aliphatic carbocycles. The molecule has 0 aromatic heterocycles. The molecular weight excluding hydrogens is 292 g/mol. The SMILES string of the molecule is CCN(CC(=O)c1ccc(C)cc1)c1cccc(C(N)=O)c1O. The molecule has 0 heterocycles. The lowest BCUT2D eigenvalue weighted by atomic mass is 10.1. The van der Waals surface area contributed by atoms with E-state index in [4.69, 9.17) is 5.73 Å². The quantitative estimate of drug-likeness (QED) is 0.803. The number of carbonyl (C=O) groups excluding carboxylic acids is 2. The molecule has 5 heteroatoms. The zero-order valence-corrected chi connectivity index (χ0v) is 13.2. The molecule has 0 saturated carbocycles. The number of nitrogens with two attached hydrogens (primary N) is 1. The summed E-state index contributed by atoms with van der Waals surface area (Å²) >= 11 is 0. The van der Waals surface area contributed by atoms with Crippen LogP contribution in [0.3, 0.4) is 0 Å². The number of aromatic hydroxyl groups is 1. The van der Waals surface area contributed by atoms with Gasteiger partial charge in [0.1, 0.15) is 0 Å². The molecule has 5 nitrogen and oxygen atoms in total. The van der Waals surface area contributed by atoms with Gasteiger partial charge in [0.15, 0.2) is 11.5 Å². The molecule has 0 spiro atoms. The third-order valence-corrected chi connectivity index (χ3v) is 3.71. The van der Waals surface area contributed by atoms with Crippen molar-refractivity contribution in [2.45, 2.75) is 13.8 Å². The normalized spacial score (nSPS) is 10.3. The summed E-state index contributed by atoms with van der Waals surface area (Å²) in [5.41, 5.74) is 7.41. The van der Waals surface area contributed by atoms with Crippen molar-refractivity contribution >= 4 is 17.4 Å². The van der Waals surface area contributed by atoms with Crippen LogP contribution in [0.2, 0.25) is 0 Å². The van der Waals surface area contributed by atoms with Crippen molar-refractivity contribution in [3.63, 3.8) is 0 Å². The Labute approximate surface area is 135 Å². The van der Waals surface area contributed by atoms with Gasteiger partial charge >= 0.3 is 0 Å². The Hall–Kier alpha value is -2.82. The first-order valence-corrected chi connectivity index (χ1v) is 7.40. The summed E-state index contributed by atoms with van der Waals surface area (Å²) in [5.74, 6) is -0.959. The number of aryl methyl sites for hydroxylation is 1. The van der Waals surface area contributed by atoms with Crippen molar-refractivity contribution in [2.75, 3.05) is 18.0 Å². The van der Waals surface area contributed by atoms with Gasteiger partial charge in [-0.05, 0) is 26.0 Å². The van der Waals surface area contributed by atoms with Crippen LogP contribution in [0.5, 0.6) is 5.75 Å². The van der Waals surface area contributed by atoms with Crippen molar-refractivity contribution in [1.29, 1.82) is 0 Å². The monoisotopic (exact) mass is 312 g/mol. The molecule has 0 aliphatic heterocycles. The highest BCUT2D eigenvalue weighted by Gasteiger charge is 2.18. The topological polar surface area (TPSA) is 83.6 Å². The summed E-state index contributed by atoms with van der Waals surface area (Å²) in [5, 5.41) is 10.2. The van der Waals surface area contributed by atoms with Gasteiger partial charge in [-0.2, -0.15) is 0 Å². The summed E-state index contributed by atoms with van der Waals surface area (Å²) in [6.07, 6.45) is 0. The van der Waals surface area contributed by atoms with Gasteiger partial charge in [0.25, 0.3) is 5.91 Å². The van der Waals surface area contributed by atoms with Crippen LogP contribution in [0.25, 0.3) is 0 Å². The number of rotatable bonds is 6. The molecule has 23 heavy (non-hydrogen) atoms. The highest BCUT2D eigenvalue weighted by atomic mass is 16.3. The molecular formula is C18H20N2O3. The summed E-state index contributed by atoms with van der Waals surface area (Å²) in [6, 6.07) is 12.1. The number of hydrogen-bond acceptors (Lipinski definition) is 4. The van der Waals surface area contributed by atoms with E-state index in [1.165, 1.54) is 6.07 Å². The van der Waals surface area contributed by atoms with E-state index in [1.807, 2.05) is 26.0 Å². The van der Waals surface area contributed by atoms with Gasteiger partial charge in [-0.25, -0.2) is 0 Å². The first kappa shape index (κ1) is 16.5.